The van der Waals surface area contributed by atoms with Crippen molar-refractivity contribution >= 4 is 16.9 Å². The molecule has 0 amide bonds. The highest BCUT2D eigenvalue weighted by Crippen LogP contribution is 2.37. The molecular formula is C29H42O11. The molecule has 0 unspecified atom stereocenters. The fourth-order valence-electron chi connectivity index (χ4n) is 4.63. The fraction of sp³-hybridized carbons (Fsp3) is 0.655. The van der Waals surface area contributed by atoms with Gasteiger partial charge in [0.25, 0.3) is 5.75 Å². The van der Waals surface area contributed by atoms with Crippen LogP contribution in [0.3, 0.4) is 0 Å². The highest BCUT2D eigenvalue weighted by atomic mass is 16.7. The van der Waals surface area contributed by atoms with Gasteiger partial charge >= 0.3 is 11.6 Å². The molecule has 224 valence electrons. The number of rotatable bonds is 16. The van der Waals surface area contributed by atoms with E-state index in [1.165, 1.54) is 51.0 Å². The SMILES string of the molecule is CCCCCCCCCCCCOc1ccc2c(O[C@H]3O[C@H](CO)[C@@H](O)[C@H](O)[C@@H]3O)c(OC(C)=O)c(=O)oc2c1. The topological polar surface area (TPSA) is 165 Å². The van der Waals surface area contributed by atoms with E-state index in [1.807, 2.05) is 0 Å². The third-order valence-corrected chi connectivity index (χ3v) is 6.89. The van der Waals surface area contributed by atoms with E-state index in [0.29, 0.717) is 12.4 Å². The summed E-state index contributed by atoms with van der Waals surface area (Å²) in [5.74, 6) is -1.20. The first kappa shape index (κ1) is 31.8. The van der Waals surface area contributed by atoms with Gasteiger partial charge in [-0.1, -0.05) is 64.7 Å². The summed E-state index contributed by atoms with van der Waals surface area (Å²) >= 11 is 0. The summed E-state index contributed by atoms with van der Waals surface area (Å²) in [7, 11) is 0. The number of unbranched alkanes of at least 4 members (excludes halogenated alkanes) is 9. The van der Waals surface area contributed by atoms with Gasteiger partial charge in [0.2, 0.25) is 6.29 Å². The summed E-state index contributed by atoms with van der Waals surface area (Å²) in [6, 6.07) is 4.68. The number of aliphatic hydroxyl groups excluding tert-OH is 4. The zero-order valence-electron chi connectivity index (χ0n) is 23.3. The van der Waals surface area contributed by atoms with Gasteiger partial charge < -0.3 is 43.8 Å². The van der Waals surface area contributed by atoms with Crippen molar-refractivity contribution < 1.29 is 48.6 Å². The molecular weight excluding hydrogens is 524 g/mol. The maximum Gasteiger partial charge on any atom is 0.383 e. The van der Waals surface area contributed by atoms with Crippen molar-refractivity contribution in [3.8, 4) is 17.2 Å². The smallest absolute Gasteiger partial charge is 0.383 e. The molecule has 2 aromatic rings. The van der Waals surface area contributed by atoms with Crippen LogP contribution in [0, 0.1) is 0 Å². The lowest BCUT2D eigenvalue weighted by Gasteiger charge is -2.39. The third kappa shape index (κ3) is 8.65. The average molecular weight is 567 g/mol. The van der Waals surface area contributed by atoms with E-state index in [4.69, 9.17) is 23.4 Å². The number of hydrogen-bond donors (Lipinski definition) is 4. The normalized spacial score (nSPS) is 22.8. The number of carbonyl (C=O) groups is 1. The molecule has 40 heavy (non-hydrogen) atoms. The monoisotopic (exact) mass is 566 g/mol. The fourth-order valence-corrected chi connectivity index (χ4v) is 4.63. The lowest BCUT2D eigenvalue weighted by Crippen LogP contribution is -2.60. The second-order valence-electron chi connectivity index (χ2n) is 10.1. The van der Waals surface area contributed by atoms with Gasteiger partial charge in [-0.15, -0.1) is 0 Å². The molecule has 1 saturated heterocycles. The first-order valence-electron chi connectivity index (χ1n) is 14.2. The van der Waals surface area contributed by atoms with E-state index >= 15 is 0 Å². The van der Waals surface area contributed by atoms with Crippen LogP contribution in [0.2, 0.25) is 0 Å². The quantitative estimate of drug-likeness (QED) is 0.134. The van der Waals surface area contributed by atoms with Crippen LogP contribution in [0.4, 0.5) is 0 Å². The van der Waals surface area contributed by atoms with Crippen LogP contribution in [-0.4, -0.2) is 70.3 Å². The number of esters is 1. The summed E-state index contributed by atoms with van der Waals surface area (Å²) < 4.78 is 27.4. The van der Waals surface area contributed by atoms with Gasteiger partial charge in [0.15, 0.2) is 5.75 Å². The Balaban J connectivity index is 1.67. The van der Waals surface area contributed by atoms with Crippen molar-refractivity contribution in [3.63, 3.8) is 0 Å². The Kier molecular flexibility index (Phi) is 12.7. The first-order valence-corrected chi connectivity index (χ1v) is 14.2. The number of aliphatic hydroxyl groups is 4. The predicted octanol–water partition coefficient (Wildman–Crippen LogP) is 3.20. The summed E-state index contributed by atoms with van der Waals surface area (Å²) in [6.45, 7) is 3.13. The average Bonchev–Trinajstić information content (AvgIpc) is 2.93. The summed E-state index contributed by atoms with van der Waals surface area (Å²) in [4.78, 5) is 24.4. The van der Waals surface area contributed by atoms with Crippen molar-refractivity contribution in [2.45, 2.75) is 109 Å². The lowest BCUT2D eigenvalue weighted by molar-refractivity contribution is -0.277. The Labute approximate surface area is 233 Å². The van der Waals surface area contributed by atoms with E-state index in [9.17, 15) is 30.0 Å². The van der Waals surface area contributed by atoms with Crippen LogP contribution in [0.15, 0.2) is 27.4 Å². The molecule has 1 fully saturated rings. The Morgan fingerprint density at radius 2 is 1.55 bits per heavy atom. The Morgan fingerprint density at radius 1 is 0.900 bits per heavy atom. The largest absolute Gasteiger partial charge is 0.493 e. The van der Waals surface area contributed by atoms with Crippen LogP contribution < -0.4 is 19.8 Å². The standard InChI is InChI=1S/C29H42O11/c1-3-4-5-6-7-8-9-10-11-12-15-36-19-13-14-20-21(16-19)38-28(35)27(37-18(2)31)26(20)40-29-25(34)24(33)23(32)22(17-30)39-29/h13-14,16,22-25,29-30,32-34H,3-12,15,17H2,1-2H3/t22-,23-,24+,25+,29-/m1/s1. The van der Waals surface area contributed by atoms with E-state index in [0.717, 1.165) is 26.2 Å². The molecule has 0 saturated carbocycles. The molecule has 1 aliphatic rings. The van der Waals surface area contributed by atoms with Crippen LogP contribution in [0.1, 0.15) is 78.1 Å². The molecule has 11 nitrogen and oxygen atoms in total. The first-order chi connectivity index (χ1) is 19.3. The van der Waals surface area contributed by atoms with Crippen molar-refractivity contribution in [1.82, 2.24) is 0 Å². The lowest BCUT2D eigenvalue weighted by atomic mass is 9.99. The minimum atomic E-state index is -1.74. The Hall–Kier alpha value is -2.70. The van der Waals surface area contributed by atoms with Gasteiger partial charge in [-0.05, 0) is 18.6 Å². The van der Waals surface area contributed by atoms with Gasteiger partial charge in [0.1, 0.15) is 35.7 Å². The highest BCUT2D eigenvalue weighted by Gasteiger charge is 2.45. The minimum absolute atomic E-state index is 0.0704. The third-order valence-electron chi connectivity index (χ3n) is 6.89. The Bertz CT molecular complexity index is 1130. The van der Waals surface area contributed by atoms with Crippen molar-refractivity contribution in [2.75, 3.05) is 13.2 Å². The number of carbonyl (C=O) groups excluding carboxylic acids is 1. The molecule has 1 aromatic carbocycles. The van der Waals surface area contributed by atoms with Gasteiger partial charge in [0.05, 0.1) is 18.6 Å². The minimum Gasteiger partial charge on any atom is -0.493 e. The number of benzene rings is 1. The zero-order valence-corrected chi connectivity index (χ0v) is 23.3. The predicted molar refractivity (Wildman–Crippen MR) is 146 cm³/mol. The van der Waals surface area contributed by atoms with Crippen LogP contribution in [-0.2, 0) is 9.53 Å². The molecule has 5 atom stereocenters. The maximum absolute atomic E-state index is 12.7. The molecule has 0 spiro atoms. The molecule has 3 rings (SSSR count). The van der Waals surface area contributed by atoms with Crippen LogP contribution in [0.5, 0.6) is 17.2 Å². The number of ether oxygens (including phenoxy) is 4. The zero-order chi connectivity index (χ0) is 29.1. The molecule has 0 radical (unpaired) electrons. The molecule has 4 N–H and O–H groups in total. The second-order valence-corrected chi connectivity index (χ2v) is 10.1. The summed E-state index contributed by atoms with van der Waals surface area (Å²) in [5, 5.41) is 40.2. The van der Waals surface area contributed by atoms with Gasteiger partial charge in [-0.2, -0.15) is 0 Å². The second kappa shape index (κ2) is 15.9. The van der Waals surface area contributed by atoms with Gasteiger partial charge in [0, 0.05) is 13.0 Å². The van der Waals surface area contributed by atoms with Crippen molar-refractivity contribution in [1.29, 1.82) is 0 Å². The van der Waals surface area contributed by atoms with E-state index in [1.54, 1.807) is 12.1 Å². The van der Waals surface area contributed by atoms with Gasteiger partial charge in [-0.25, -0.2) is 4.79 Å². The highest BCUT2D eigenvalue weighted by molar-refractivity contribution is 5.87. The molecule has 2 heterocycles. The molecule has 11 heteroatoms. The van der Waals surface area contributed by atoms with Gasteiger partial charge in [-0.3, -0.25) is 4.79 Å². The molecule has 1 aliphatic heterocycles. The van der Waals surface area contributed by atoms with Crippen LogP contribution >= 0.6 is 0 Å². The number of fused-ring (bicyclic) bond motifs is 1. The van der Waals surface area contributed by atoms with E-state index in [2.05, 4.69) is 6.92 Å². The molecule has 0 aliphatic carbocycles. The van der Waals surface area contributed by atoms with Crippen molar-refractivity contribution in [2.24, 2.45) is 0 Å². The van der Waals surface area contributed by atoms with Crippen LogP contribution in [0.25, 0.3) is 11.0 Å². The number of hydrogen-bond acceptors (Lipinski definition) is 11. The van der Waals surface area contributed by atoms with Crippen molar-refractivity contribution in [3.05, 3.63) is 28.6 Å². The molecule has 0 bridgehead atoms. The van der Waals surface area contributed by atoms with E-state index in [-0.39, 0.29) is 16.7 Å². The summed E-state index contributed by atoms with van der Waals surface area (Å²) in [6.07, 6.45) is 4.18. The maximum atomic E-state index is 12.7. The van der Waals surface area contributed by atoms with E-state index < -0.39 is 54.7 Å². The Morgan fingerprint density at radius 3 is 2.17 bits per heavy atom. The summed E-state index contributed by atoms with van der Waals surface area (Å²) in [5.41, 5.74) is -0.949. The molecule has 1 aromatic heterocycles.